The molecule has 0 amide bonds. The van der Waals surface area contributed by atoms with Crippen LogP contribution in [0.15, 0.2) is 24.3 Å². The second-order valence-electron chi connectivity index (χ2n) is 5.55. The Morgan fingerprint density at radius 3 is 2.56 bits per heavy atom. The van der Waals surface area contributed by atoms with Crippen LogP contribution in [0.25, 0.3) is 0 Å². The van der Waals surface area contributed by atoms with Crippen molar-refractivity contribution < 1.29 is 0 Å². The van der Waals surface area contributed by atoms with E-state index in [0.29, 0.717) is 6.04 Å². The summed E-state index contributed by atoms with van der Waals surface area (Å²) in [6.45, 7) is 4.41. The molecule has 0 aliphatic carbocycles. The number of piperidine rings is 1. The summed E-state index contributed by atoms with van der Waals surface area (Å²) < 4.78 is 0. The highest BCUT2D eigenvalue weighted by molar-refractivity contribution is 5.48. The summed E-state index contributed by atoms with van der Waals surface area (Å²) in [6.07, 6.45) is 2.58. The molecule has 0 radical (unpaired) electrons. The molecule has 0 saturated carbocycles. The van der Waals surface area contributed by atoms with E-state index >= 15 is 0 Å². The Kier molecular flexibility index (Phi) is 4.25. The SMILES string of the molecule is C[C@H](N)c1ccc(N(C)C2CCCN(C)C2)cc1. The zero-order valence-corrected chi connectivity index (χ0v) is 11.8. The second-order valence-corrected chi connectivity index (χ2v) is 5.55. The van der Waals surface area contributed by atoms with Crippen molar-refractivity contribution in [3.63, 3.8) is 0 Å². The average molecular weight is 247 g/mol. The van der Waals surface area contributed by atoms with E-state index < -0.39 is 0 Å². The largest absolute Gasteiger partial charge is 0.370 e. The lowest BCUT2D eigenvalue weighted by Gasteiger charge is -2.37. The van der Waals surface area contributed by atoms with E-state index in [1.165, 1.54) is 30.6 Å². The van der Waals surface area contributed by atoms with Crippen molar-refractivity contribution in [2.24, 2.45) is 5.73 Å². The molecule has 100 valence electrons. The fraction of sp³-hybridized carbons (Fsp3) is 0.600. The monoisotopic (exact) mass is 247 g/mol. The summed E-state index contributed by atoms with van der Waals surface area (Å²) in [5.74, 6) is 0. The van der Waals surface area contributed by atoms with E-state index in [1.807, 2.05) is 6.92 Å². The zero-order chi connectivity index (χ0) is 13.1. The molecule has 0 aromatic heterocycles. The Morgan fingerprint density at radius 1 is 1.33 bits per heavy atom. The van der Waals surface area contributed by atoms with Gasteiger partial charge in [-0.3, -0.25) is 0 Å². The minimum atomic E-state index is 0.116. The fourth-order valence-corrected chi connectivity index (χ4v) is 2.68. The zero-order valence-electron chi connectivity index (χ0n) is 11.8. The predicted octanol–water partition coefficient (Wildman–Crippen LogP) is 2.24. The van der Waals surface area contributed by atoms with Gasteiger partial charge in [-0.25, -0.2) is 0 Å². The van der Waals surface area contributed by atoms with Crippen molar-refractivity contribution in [2.45, 2.75) is 31.8 Å². The van der Waals surface area contributed by atoms with Crippen LogP contribution in [0.3, 0.4) is 0 Å². The lowest BCUT2D eigenvalue weighted by atomic mass is 10.0. The van der Waals surface area contributed by atoms with Crippen LogP contribution >= 0.6 is 0 Å². The highest BCUT2D eigenvalue weighted by atomic mass is 15.2. The lowest BCUT2D eigenvalue weighted by Crippen LogP contribution is -2.45. The first-order valence-electron chi connectivity index (χ1n) is 6.85. The number of likely N-dealkylation sites (tertiary alicyclic amines) is 1. The van der Waals surface area contributed by atoms with Gasteiger partial charge < -0.3 is 15.5 Å². The van der Waals surface area contributed by atoms with Crippen LogP contribution in [0, 0.1) is 0 Å². The van der Waals surface area contributed by atoms with Crippen molar-refractivity contribution in [3.8, 4) is 0 Å². The maximum atomic E-state index is 5.88. The Morgan fingerprint density at radius 2 is 2.00 bits per heavy atom. The van der Waals surface area contributed by atoms with Gasteiger partial charge in [0.05, 0.1) is 0 Å². The summed E-state index contributed by atoms with van der Waals surface area (Å²) in [5, 5.41) is 0. The number of hydrogen-bond donors (Lipinski definition) is 1. The third-order valence-corrected chi connectivity index (χ3v) is 3.97. The molecule has 2 atom stereocenters. The Balaban J connectivity index is 2.05. The molecule has 1 unspecified atom stereocenters. The molecule has 1 aliphatic rings. The summed E-state index contributed by atoms with van der Waals surface area (Å²) in [6, 6.07) is 9.40. The molecule has 1 aromatic rings. The normalized spacial score (nSPS) is 22.8. The number of nitrogens with two attached hydrogens (primary N) is 1. The molecule has 3 nitrogen and oxygen atoms in total. The number of nitrogens with zero attached hydrogens (tertiary/aromatic N) is 2. The first-order chi connectivity index (χ1) is 8.58. The quantitative estimate of drug-likeness (QED) is 0.889. The van der Waals surface area contributed by atoms with Crippen molar-refractivity contribution in [3.05, 3.63) is 29.8 Å². The van der Waals surface area contributed by atoms with E-state index in [4.69, 9.17) is 5.73 Å². The van der Waals surface area contributed by atoms with E-state index in [-0.39, 0.29) is 6.04 Å². The topological polar surface area (TPSA) is 32.5 Å². The van der Waals surface area contributed by atoms with Gasteiger partial charge in [0.2, 0.25) is 0 Å². The lowest BCUT2D eigenvalue weighted by molar-refractivity contribution is 0.248. The molecule has 0 bridgehead atoms. The van der Waals surface area contributed by atoms with Crippen LogP contribution in [0.5, 0.6) is 0 Å². The molecule has 2 rings (SSSR count). The minimum absolute atomic E-state index is 0.116. The molecular formula is C15H25N3. The standard InChI is InChI=1S/C15H25N3/c1-12(16)13-6-8-14(9-7-13)18(3)15-5-4-10-17(2)11-15/h6-9,12,15H,4-5,10-11,16H2,1-3H3/t12-,15?/m0/s1. The number of anilines is 1. The number of likely N-dealkylation sites (N-methyl/N-ethyl adjacent to an activating group) is 2. The maximum Gasteiger partial charge on any atom is 0.0414 e. The number of rotatable bonds is 3. The second kappa shape index (κ2) is 5.72. The van der Waals surface area contributed by atoms with Crippen molar-refractivity contribution in [2.75, 3.05) is 32.1 Å². The molecule has 3 heteroatoms. The molecule has 1 heterocycles. The molecule has 1 aromatic carbocycles. The van der Waals surface area contributed by atoms with E-state index in [1.54, 1.807) is 0 Å². The fourth-order valence-electron chi connectivity index (χ4n) is 2.68. The molecule has 1 saturated heterocycles. The number of hydrogen-bond acceptors (Lipinski definition) is 3. The van der Waals surface area contributed by atoms with Crippen molar-refractivity contribution >= 4 is 5.69 Å². The Labute approximate surface area is 111 Å². The van der Waals surface area contributed by atoms with E-state index in [0.717, 1.165) is 6.54 Å². The van der Waals surface area contributed by atoms with E-state index in [9.17, 15) is 0 Å². The third-order valence-electron chi connectivity index (χ3n) is 3.97. The van der Waals surface area contributed by atoms with Gasteiger partial charge in [-0.05, 0) is 51.1 Å². The van der Waals surface area contributed by atoms with Gasteiger partial charge in [0.1, 0.15) is 0 Å². The van der Waals surface area contributed by atoms with Crippen LogP contribution in [0.4, 0.5) is 5.69 Å². The Hall–Kier alpha value is -1.06. The summed E-state index contributed by atoms with van der Waals surface area (Å²) in [7, 11) is 4.41. The van der Waals surface area contributed by atoms with Crippen molar-refractivity contribution in [1.29, 1.82) is 0 Å². The molecule has 1 fully saturated rings. The number of benzene rings is 1. The third kappa shape index (κ3) is 3.03. The predicted molar refractivity (Wildman–Crippen MR) is 78.0 cm³/mol. The molecule has 1 aliphatic heterocycles. The first kappa shape index (κ1) is 13.4. The molecule has 0 spiro atoms. The van der Waals surface area contributed by atoms with Crippen molar-refractivity contribution in [1.82, 2.24) is 4.90 Å². The average Bonchev–Trinajstić information content (AvgIpc) is 2.38. The molecule has 2 N–H and O–H groups in total. The van der Waals surface area contributed by atoms with Gasteiger partial charge in [-0.2, -0.15) is 0 Å². The minimum Gasteiger partial charge on any atom is -0.370 e. The first-order valence-corrected chi connectivity index (χ1v) is 6.85. The van der Waals surface area contributed by atoms with Crippen LogP contribution < -0.4 is 10.6 Å². The highest BCUT2D eigenvalue weighted by Gasteiger charge is 2.21. The maximum absolute atomic E-state index is 5.88. The van der Waals surface area contributed by atoms with Gasteiger partial charge >= 0.3 is 0 Å². The highest BCUT2D eigenvalue weighted by Crippen LogP contribution is 2.22. The molecule has 18 heavy (non-hydrogen) atoms. The van der Waals surface area contributed by atoms with Crippen LogP contribution in [0.2, 0.25) is 0 Å². The van der Waals surface area contributed by atoms with Gasteiger partial charge in [-0.1, -0.05) is 12.1 Å². The smallest absolute Gasteiger partial charge is 0.0414 e. The van der Waals surface area contributed by atoms with E-state index in [2.05, 4.69) is 48.2 Å². The van der Waals surface area contributed by atoms with Crippen LogP contribution in [-0.4, -0.2) is 38.1 Å². The summed E-state index contributed by atoms with van der Waals surface area (Å²) in [4.78, 5) is 4.82. The summed E-state index contributed by atoms with van der Waals surface area (Å²) in [5.41, 5.74) is 8.37. The van der Waals surface area contributed by atoms with Gasteiger partial charge in [-0.15, -0.1) is 0 Å². The van der Waals surface area contributed by atoms with Crippen LogP contribution in [-0.2, 0) is 0 Å². The van der Waals surface area contributed by atoms with Gasteiger partial charge in [0, 0.05) is 31.4 Å². The summed E-state index contributed by atoms with van der Waals surface area (Å²) >= 11 is 0. The van der Waals surface area contributed by atoms with Gasteiger partial charge in [0.25, 0.3) is 0 Å². The Bertz CT molecular complexity index is 372. The van der Waals surface area contributed by atoms with Crippen LogP contribution in [0.1, 0.15) is 31.4 Å². The van der Waals surface area contributed by atoms with Gasteiger partial charge in [0.15, 0.2) is 0 Å². The molecular weight excluding hydrogens is 222 g/mol.